The van der Waals surface area contributed by atoms with Crippen molar-refractivity contribution in [2.75, 3.05) is 39.9 Å². The summed E-state index contributed by atoms with van der Waals surface area (Å²) < 4.78 is 7.03. The smallest absolute Gasteiger partial charge is 0.274 e. The number of pyridine rings is 1. The number of fused-ring (bicyclic) bond motifs is 1. The number of piperidine rings is 1. The van der Waals surface area contributed by atoms with Gasteiger partial charge in [-0.1, -0.05) is 6.07 Å². The molecule has 0 radical (unpaired) electrons. The summed E-state index contributed by atoms with van der Waals surface area (Å²) in [6.07, 6.45) is 12.4. The van der Waals surface area contributed by atoms with Gasteiger partial charge in [-0.2, -0.15) is 0 Å². The molecule has 2 aromatic rings. The summed E-state index contributed by atoms with van der Waals surface area (Å²) in [5.74, 6) is 2.45. The van der Waals surface area contributed by atoms with Crippen LogP contribution in [0.1, 0.15) is 78.8 Å². The molecule has 8 heteroatoms. The topological polar surface area (TPSA) is 88.0 Å². The zero-order valence-electron chi connectivity index (χ0n) is 22.1. The first kappa shape index (κ1) is 24.9. The van der Waals surface area contributed by atoms with Gasteiger partial charge in [0, 0.05) is 39.0 Å². The average Bonchev–Trinajstić information content (AvgIpc) is 3.34. The molecule has 4 aliphatic carbocycles. The molecule has 0 aromatic carbocycles. The van der Waals surface area contributed by atoms with Gasteiger partial charge in [-0.05, 0) is 106 Å². The first-order valence-electron chi connectivity index (χ1n) is 14.3. The molecule has 4 bridgehead atoms. The van der Waals surface area contributed by atoms with Gasteiger partial charge in [-0.3, -0.25) is 14.0 Å². The molecule has 200 valence electrons. The van der Waals surface area contributed by atoms with Crippen LogP contribution in [-0.4, -0.2) is 72.0 Å². The Labute approximate surface area is 219 Å². The fraction of sp³-hybridized carbons (Fsp3) is 0.690. The lowest BCUT2D eigenvalue weighted by molar-refractivity contribution is -0.0503. The molecule has 5 aliphatic rings. The van der Waals surface area contributed by atoms with Crippen LogP contribution in [0.25, 0.3) is 5.65 Å². The van der Waals surface area contributed by atoms with Crippen LogP contribution in [0.5, 0.6) is 0 Å². The van der Waals surface area contributed by atoms with E-state index in [0.717, 1.165) is 56.7 Å². The standard InChI is InChI=1S/C29H41N5O3/c1-37-11-3-10-33(23-6-8-30-9-7-23)28(36)24-18-34-25(4-2-5-26(34)32-24)27(35)31-19-29-15-20-12-21(16-29)14-22(13-20)17-29/h2,4-5,18,20-23,30H,3,6-17,19H2,1H3,(H,31,35). The second-order valence-corrected chi connectivity index (χ2v) is 12.2. The maximum atomic E-state index is 13.7. The van der Waals surface area contributed by atoms with Crippen LogP contribution >= 0.6 is 0 Å². The zero-order chi connectivity index (χ0) is 25.4. The Morgan fingerprint density at radius 3 is 2.51 bits per heavy atom. The van der Waals surface area contributed by atoms with Gasteiger partial charge in [-0.25, -0.2) is 4.98 Å². The average molecular weight is 508 g/mol. The highest BCUT2D eigenvalue weighted by Gasteiger charge is 2.50. The van der Waals surface area contributed by atoms with Gasteiger partial charge in [0.1, 0.15) is 17.0 Å². The van der Waals surface area contributed by atoms with Gasteiger partial charge in [0.2, 0.25) is 0 Å². The molecule has 7 rings (SSSR count). The van der Waals surface area contributed by atoms with Crippen LogP contribution in [0.2, 0.25) is 0 Å². The fourth-order valence-corrected chi connectivity index (χ4v) is 8.26. The third-order valence-electron chi connectivity index (χ3n) is 9.49. The maximum absolute atomic E-state index is 13.7. The third kappa shape index (κ3) is 5.02. The van der Waals surface area contributed by atoms with Crippen LogP contribution in [0, 0.1) is 23.2 Å². The van der Waals surface area contributed by atoms with Crippen LogP contribution < -0.4 is 10.6 Å². The molecular weight excluding hydrogens is 466 g/mol. The monoisotopic (exact) mass is 507 g/mol. The molecule has 1 saturated heterocycles. The molecule has 0 spiro atoms. The number of amides is 2. The molecule has 1 aliphatic heterocycles. The number of ether oxygens (including phenoxy) is 1. The van der Waals surface area contributed by atoms with Crippen LogP contribution in [0.15, 0.2) is 24.4 Å². The van der Waals surface area contributed by atoms with Crippen molar-refractivity contribution in [3.8, 4) is 0 Å². The van der Waals surface area contributed by atoms with E-state index in [-0.39, 0.29) is 23.3 Å². The summed E-state index contributed by atoms with van der Waals surface area (Å²) >= 11 is 0. The Hall–Kier alpha value is -2.45. The van der Waals surface area contributed by atoms with Crippen molar-refractivity contribution < 1.29 is 14.3 Å². The van der Waals surface area contributed by atoms with E-state index in [1.807, 2.05) is 23.1 Å². The summed E-state index contributed by atoms with van der Waals surface area (Å²) in [6, 6.07) is 5.76. The van der Waals surface area contributed by atoms with Crippen molar-refractivity contribution in [3.05, 3.63) is 35.8 Å². The van der Waals surface area contributed by atoms with Crippen molar-refractivity contribution >= 4 is 17.5 Å². The van der Waals surface area contributed by atoms with Crippen molar-refractivity contribution in [1.29, 1.82) is 0 Å². The Bertz CT molecular complexity index is 1100. The number of carbonyl (C=O) groups excluding carboxylic acids is 2. The molecule has 2 aromatic heterocycles. The normalized spacial score (nSPS) is 29.1. The van der Waals surface area contributed by atoms with E-state index < -0.39 is 0 Å². The van der Waals surface area contributed by atoms with Crippen molar-refractivity contribution in [3.63, 3.8) is 0 Å². The number of nitrogens with zero attached hydrogens (tertiary/aromatic N) is 3. The molecule has 2 N–H and O–H groups in total. The number of imidazole rings is 1. The van der Waals surface area contributed by atoms with Gasteiger partial charge in [0.15, 0.2) is 0 Å². The molecule has 37 heavy (non-hydrogen) atoms. The molecule has 5 fully saturated rings. The largest absolute Gasteiger partial charge is 0.385 e. The SMILES string of the molecule is COCCCN(C(=O)c1cn2c(C(=O)NCC34CC5CC(CC(C5)C3)C4)cccc2n1)C1CCNCC1. The van der Waals surface area contributed by atoms with Crippen molar-refractivity contribution in [2.24, 2.45) is 23.2 Å². The molecule has 2 amide bonds. The van der Waals surface area contributed by atoms with E-state index in [0.29, 0.717) is 30.2 Å². The highest BCUT2D eigenvalue weighted by Crippen LogP contribution is 2.59. The van der Waals surface area contributed by atoms with E-state index in [1.54, 1.807) is 17.7 Å². The van der Waals surface area contributed by atoms with Crippen molar-refractivity contribution in [2.45, 2.75) is 63.8 Å². The summed E-state index contributed by atoms with van der Waals surface area (Å²) in [5, 5.41) is 6.67. The molecular formula is C29H41N5O3. The molecule has 3 heterocycles. The highest BCUT2D eigenvalue weighted by molar-refractivity contribution is 5.95. The predicted molar refractivity (Wildman–Crippen MR) is 142 cm³/mol. The van der Waals surface area contributed by atoms with Crippen LogP contribution in [-0.2, 0) is 4.74 Å². The Morgan fingerprint density at radius 1 is 1.14 bits per heavy atom. The number of rotatable bonds is 9. The minimum Gasteiger partial charge on any atom is -0.385 e. The lowest BCUT2D eigenvalue weighted by Crippen LogP contribution is -2.51. The third-order valence-corrected chi connectivity index (χ3v) is 9.49. The van der Waals surface area contributed by atoms with E-state index in [2.05, 4.69) is 15.6 Å². The first-order chi connectivity index (χ1) is 18.0. The van der Waals surface area contributed by atoms with E-state index in [9.17, 15) is 9.59 Å². The Balaban J connectivity index is 1.19. The lowest BCUT2D eigenvalue weighted by Gasteiger charge is -2.56. The van der Waals surface area contributed by atoms with Crippen LogP contribution in [0.4, 0.5) is 0 Å². The number of nitrogens with one attached hydrogen (secondary N) is 2. The molecule has 8 nitrogen and oxygen atoms in total. The van der Waals surface area contributed by atoms with Gasteiger partial charge in [-0.15, -0.1) is 0 Å². The highest BCUT2D eigenvalue weighted by atomic mass is 16.5. The lowest BCUT2D eigenvalue weighted by atomic mass is 9.49. The van der Waals surface area contributed by atoms with Gasteiger partial charge in [0.25, 0.3) is 11.8 Å². The zero-order valence-corrected chi connectivity index (χ0v) is 22.1. The fourth-order valence-electron chi connectivity index (χ4n) is 8.26. The number of aromatic nitrogens is 2. The second kappa shape index (κ2) is 10.4. The summed E-state index contributed by atoms with van der Waals surface area (Å²) in [4.78, 5) is 33.7. The predicted octanol–water partition coefficient (Wildman–Crippen LogP) is 3.51. The number of methoxy groups -OCH3 is 1. The molecule has 0 atom stereocenters. The summed E-state index contributed by atoms with van der Waals surface area (Å²) in [5.41, 5.74) is 1.86. The number of carbonyl (C=O) groups is 2. The van der Waals surface area contributed by atoms with E-state index in [1.165, 1.54) is 38.5 Å². The first-order valence-corrected chi connectivity index (χ1v) is 14.3. The summed E-state index contributed by atoms with van der Waals surface area (Å²) in [6.45, 7) is 3.85. The minimum atomic E-state index is -0.0759. The molecule has 4 saturated carbocycles. The number of hydrogen-bond donors (Lipinski definition) is 2. The van der Waals surface area contributed by atoms with Crippen LogP contribution in [0.3, 0.4) is 0 Å². The van der Waals surface area contributed by atoms with Gasteiger partial charge < -0.3 is 20.3 Å². The van der Waals surface area contributed by atoms with Crippen molar-refractivity contribution in [1.82, 2.24) is 24.9 Å². The second-order valence-electron chi connectivity index (χ2n) is 12.2. The number of hydrogen-bond acceptors (Lipinski definition) is 5. The quantitative estimate of drug-likeness (QED) is 0.507. The Kier molecular flexibility index (Phi) is 6.97. The molecule has 0 unspecified atom stereocenters. The Morgan fingerprint density at radius 2 is 1.84 bits per heavy atom. The van der Waals surface area contributed by atoms with E-state index >= 15 is 0 Å². The summed E-state index contributed by atoms with van der Waals surface area (Å²) in [7, 11) is 1.69. The van der Waals surface area contributed by atoms with E-state index in [4.69, 9.17) is 4.74 Å². The van der Waals surface area contributed by atoms with Gasteiger partial charge >= 0.3 is 0 Å². The maximum Gasteiger partial charge on any atom is 0.274 e. The minimum absolute atomic E-state index is 0.0633. The van der Waals surface area contributed by atoms with Gasteiger partial charge in [0.05, 0.1) is 0 Å².